The van der Waals surface area contributed by atoms with Gasteiger partial charge in [-0.1, -0.05) is 41.9 Å². The predicted octanol–water partition coefficient (Wildman–Crippen LogP) is 4.32. The quantitative estimate of drug-likeness (QED) is 0.173. The van der Waals surface area contributed by atoms with Crippen molar-refractivity contribution in [3.63, 3.8) is 0 Å². The third-order valence-electron chi connectivity index (χ3n) is 7.15. The lowest BCUT2D eigenvalue weighted by Crippen LogP contribution is -3.00. The number of halogens is 2. The predicted molar refractivity (Wildman–Crippen MR) is 197 cm³/mol. The summed E-state index contributed by atoms with van der Waals surface area (Å²) >= 11 is 5.80. The number of phenolic OH excluding ortho intramolecular Hbond substituents is 2. The van der Waals surface area contributed by atoms with Crippen molar-refractivity contribution < 1.29 is 47.3 Å². The van der Waals surface area contributed by atoms with E-state index in [-0.39, 0.29) is 23.9 Å². The largest absolute Gasteiger partial charge is 1.00 e. The number of hydrogen-bond donors (Lipinski definition) is 3. The summed E-state index contributed by atoms with van der Waals surface area (Å²) in [4.78, 5) is 16.7. The number of aromatic nitrogens is 4. The third kappa shape index (κ3) is 11.7. The molecule has 0 saturated carbocycles. The van der Waals surface area contributed by atoms with Crippen LogP contribution in [0, 0.1) is 0 Å². The van der Waals surface area contributed by atoms with Crippen LogP contribution < -0.4 is 37.1 Å². The second-order valence-corrected chi connectivity index (χ2v) is 11.1. The van der Waals surface area contributed by atoms with Crippen LogP contribution in [0.4, 0.5) is 5.69 Å². The van der Waals surface area contributed by atoms with E-state index in [1.54, 1.807) is 56.9 Å². The summed E-state index contributed by atoms with van der Waals surface area (Å²) < 4.78 is 21.1. The Morgan fingerprint density at radius 2 is 1.13 bits per heavy atom. The van der Waals surface area contributed by atoms with Crippen molar-refractivity contribution in [1.82, 2.24) is 19.9 Å². The molecule has 2 aromatic heterocycles. The van der Waals surface area contributed by atoms with Gasteiger partial charge in [0.1, 0.15) is 35.0 Å². The van der Waals surface area contributed by atoms with Gasteiger partial charge in [-0.2, -0.15) is 0 Å². The van der Waals surface area contributed by atoms with E-state index in [2.05, 4.69) is 25.7 Å². The van der Waals surface area contributed by atoms with Gasteiger partial charge in [0.05, 0.1) is 38.8 Å². The molecular formula is C39H41Cl2N5O6. The minimum atomic E-state index is 0. The van der Waals surface area contributed by atoms with Gasteiger partial charge in [-0.05, 0) is 67.9 Å². The monoisotopic (exact) mass is 745 g/mol. The smallest absolute Gasteiger partial charge is 0.163 e. The minimum Gasteiger partial charge on any atom is -1.00 e. The zero-order valence-corrected chi connectivity index (χ0v) is 30.8. The van der Waals surface area contributed by atoms with Gasteiger partial charge < -0.3 is 47.3 Å². The molecule has 0 unspecified atom stereocenters. The lowest BCUT2D eigenvalue weighted by Gasteiger charge is -2.10. The standard InChI is InChI=1S/C20H20N2O3.C11H9ClN2O.C8H11NO2.ClH/c1-3-25-20-9-8-14(11-18(20)23)10-15-12-17(22-13-21-15)16-6-4-5-7-19(16)24-2;1-15-10-5-3-2-4-8(10)9-6-11(12)14-7-13-9;1-2-11-8-4-3-6(9)5-7(8)10;/h4-9,11-13,23H,3,10H2,1-2H3;2-7H,1H3;3-5,10H,2,9H2,1H3;1H. The van der Waals surface area contributed by atoms with Gasteiger partial charge in [-0.15, -0.1) is 0 Å². The van der Waals surface area contributed by atoms with Gasteiger partial charge in [0.15, 0.2) is 23.0 Å². The number of phenols is 2. The number of para-hydroxylation sites is 2. The highest BCUT2D eigenvalue weighted by atomic mass is 35.5. The van der Waals surface area contributed by atoms with E-state index in [9.17, 15) is 10.2 Å². The molecule has 0 fully saturated rings. The normalized spacial score (nSPS) is 9.96. The molecular weight excluding hydrogens is 705 g/mol. The first-order valence-corrected chi connectivity index (χ1v) is 16.4. The van der Waals surface area contributed by atoms with Crippen molar-refractivity contribution in [3.05, 3.63) is 126 Å². The van der Waals surface area contributed by atoms with Crippen molar-refractivity contribution in [2.75, 3.05) is 27.4 Å². The average molecular weight is 747 g/mol. The second-order valence-electron chi connectivity index (χ2n) is 10.7. The van der Waals surface area contributed by atoms with E-state index in [0.29, 0.717) is 36.3 Å². The fourth-order valence-corrected chi connectivity index (χ4v) is 4.98. The molecule has 0 aliphatic rings. The summed E-state index contributed by atoms with van der Waals surface area (Å²) in [7, 11) is 3.27. The molecule has 2 heterocycles. The lowest BCUT2D eigenvalue weighted by molar-refractivity contribution is -0.254. The first-order valence-electron chi connectivity index (χ1n) is 16.0. The Balaban J connectivity index is 0.000000230. The Morgan fingerprint density at radius 3 is 1.65 bits per heavy atom. The number of ether oxygens (including phenoxy) is 4. The molecule has 0 saturated heterocycles. The van der Waals surface area contributed by atoms with Crippen molar-refractivity contribution in [2.45, 2.75) is 20.3 Å². The summed E-state index contributed by atoms with van der Waals surface area (Å²) in [6, 6.07) is 29.5. The Labute approximate surface area is 314 Å². The number of methoxy groups -OCH3 is 2. The molecule has 5 N–H and O–H groups in total. The van der Waals surface area contributed by atoms with E-state index in [4.69, 9.17) is 30.5 Å². The molecule has 0 atom stereocenters. The van der Waals surface area contributed by atoms with Crippen LogP contribution in [0.25, 0.3) is 22.5 Å². The van der Waals surface area contributed by atoms with Crippen molar-refractivity contribution in [3.8, 4) is 57.0 Å². The first-order chi connectivity index (χ1) is 24.8. The molecule has 0 radical (unpaired) electrons. The molecule has 6 rings (SSSR count). The van der Waals surface area contributed by atoms with Gasteiger partial charge in [0.2, 0.25) is 0 Å². The van der Waals surface area contributed by atoms with Crippen LogP contribution in [-0.2, 0) is 6.42 Å². The fraction of sp³-hybridized carbons (Fsp3) is 0.179. The summed E-state index contributed by atoms with van der Waals surface area (Å²) in [5.74, 6) is 2.83. The second kappa shape index (κ2) is 20.9. The molecule has 0 aliphatic heterocycles. The van der Waals surface area contributed by atoms with Crippen molar-refractivity contribution >= 4 is 17.3 Å². The lowest BCUT2D eigenvalue weighted by atomic mass is 10.1. The highest BCUT2D eigenvalue weighted by molar-refractivity contribution is 6.29. The van der Waals surface area contributed by atoms with Crippen LogP contribution in [-0.4, -0.2) is 57.6 Å². The molecule has 11 nitrogen and oxygen atoms in total. The molecule has 13 heteroatoms. The van der Waals surface area contributed by atoms with E-state index < -0.39 is 0 Å². The van der Waals surface area contributed by atoms with Crippen LogP contribution in [0.3, 0.4) is 0 Å². The van der Waals surface area contributed by atoms with Crippen LogP contribution in [0.1, 0.15) is 25.1 Å². The maximum absolute atomic E-state index is 10.0. The van der Waals surface area contributed by atoms with E-state index in [1.807, 2.05) is 74.5 Å². The number of aromatic hydroxyl groups is 2. The summed E-state index contributed by atoms with van der Waals surface area (Å²) in [5, 5.41) is 19.7. The van der Waals surface area contributed by atoms with Gasteiger partial charge in [-0.25, -0.2) is 19.9 Å². The number of quaternary nitrogens is 1. The van der Waals surface area contributed by atoms with E-state index in [1.165, 1.54) is 6.33 Å². The van der Waals surface area contributed by atoms with Crippen LogP contribution >= 0.6 is 11.6 Å². The summed E-state index contributed by atoms with van der Waals surface area (Å²) in [6.07, 6.45) is 3.57. The first kappa shape index (κ1) is 40.8. The highest BCUT2D eigenvalue weighted by Crippen LogP contribution is 2.31. The van der Waals surface area contributed by atoms with Gasteiger partial charge >= 0.3 is 0 Å². The summed E-state index contributed by atoms with van der Waals surface area (Å²) in [6.45, 7) is 4.83. The van der Waals surface area contributed by atoms with Gasteiger partial charge in [-0.3, -0.25) is 0 Å². The van der Waals surface area contributed by atoms with Crippen LogP contribution in [0.15, 0.2) is 110 Å². The van der Waals surface area contributed by atoms with Crippen LogP contribution in [0.2, 0.25) is 5.15 Å². The molecule has 272 valence electrons. The molecule has 4 aromatic carbocycles. The topological polar surface area (TPSA) is 157 Å². The molecule has 6 aromatic rings. The Hall–Kier alpha value is -5.62. The molecule has 52 heavy (non-hydrogen) atoms. The number of rotatable bonds is 10. The number of benzene rings is 4. The van der Waals surface area contributed by atoms with Crippen LogP contribution in [0.5, 0.6) is 34.5 Å². The van der Waals surface area contributed by atoms with Gasteiger partial charge in [0, 0.05) is 41.4 Å². The Bertz CT molecular complexity index is 2020. The SMILES string of the molecule is CCOc1ccc(Cc2cc(-c3ccccc3OC)ncn2)cc1O.CCOc1ccc([NH3+])cc1O.COc1ccccc1-c1cc(Cl)ncn1.[Cl-]. The van der Waals surface area contributed by atoms with Gasteiger partial charge in [0.25, 0.3) is 0 Å². The average Bonchev–Trinajstić information content (AvgIpc) is 3.14. The molecule has 0 spiro atoms. The highest BCUT2D eigenvalue weighted by Gasteiger charge is 2.10. The Morgan fingerprint density at radius 1 is 0.615 bits per heavy atom. The number of nitrogens with zero attached hydrogens (tertiary/aromatic N) is 4. The molecule has 0 amide bonds. The van der Waals surface area contributed by atoms with E-state index >= 15 is 0 Å². The number of hydrogen-bond acceptors (Lipinski definition) is 10. The molecule has 0 aliphatic carbocycles. The summed E-state index contributed by atoms with van der Waals surface area (Å²) in [5.41, 5.74) is 9.65. The maximum atomic E-state index is 10.0. The minimum absolute atomic E-state index is 0. The maximum Gasteiger partial charge on any atom is 0.163 e. The van der Waals surface area contributed by atoms with Crippen molar-refractivity contribution in [1.29, 1.82) is 0 Å². The zero-order valence-electron chi connectivity index (χ0n) is 29.3. The van der Waals surface area contributed by atoms with Crippen molar-refractivity contribution in [2.24, 2.45) is 0 Å². The zero-order chi connectivity index (χ0) is 36.6. The van der Waals surface area contributed by atoms with E-state index in [0.717, 1.165) is 51.0 Å². The third-order valence-corrected chi connectivity index (χ3v) is 7.36. The fourth-order valence-electron chi connectivity index (χ4n) is 4.84. The Kier molecular flexibility index (Phi) is 16.4. The molecule has 0 bridgehead atoms.